The molecule has 30 heavy (non-hydrogen) atoms. The van der Waals surface area contributed by atoms with E-state index >= 15 is 0 Å². The minimum absolute atomic E-state index is 0.145. The molecule has 0 bridgehead atoms. The lowest BCUT2D eigenvalue weighted by molar-refractivity contribution is -0.145. The molecule has 0 unspecified atom stereocenters. The first-order valence-corrected chi connectivity index (χ1v) is 10.9. The summed E-state index contributed by atoms with van der Waals surface area (Å²) in [7, 11) is 0. The SMILES string of the molecule is O=C(CCCCl)OCc1cccc2cc3cccc(COC(=O)CCCCl)c3nc12. The van der Waals surface area contributed by atoms with E-state index in [0.717, 1.165) is 32.9 Å². The molecule has 0 aliphatic rings. The van der Waals surface area contributed by atoms with E-state index in [4.69, 9.17) is 37.7 Å². The van der Waals surface area contributed by atoms with Crippen molar-refractivity contribution in [1.82, 2.24) is 4.98 Å². The van der Waals surface area contributed by atoms with Gasteiger partial charge in [0.1, 0.15) is 13.2 Å². The van der Waals surface area contributed by atoms with Crippen molar-refractivity contribution < 1.29 is 19.1 Å². The van der Waals surface area contributed by atoms with Crippen LogP contribution in [0, 0.1) is 0 Å². The normalized spacial score (nSPS) is 11.0. The molecule has 0 radical (unpaired) electrons. The van der Waals surface area contributed by atoms with E-state index in [1.807, 2.05) is 42.5 Å². The molecule has 0 saturated heterocycles. The number of hydrogen-bond donors (Lipinski definition) is 0. The number of benzene rings is 2. The lowest BCUT2D eigenvalue weighted by atomic mass is 10.0. The summed E-state index contributed by atoms with van der Waals surface area (Å²) >= 11 is 11.3. The van der Waals surface area contributed by atoms with Gasteiger partial charge < -0.3 is 9.47 Å². The third kappa shape index (κ3) is 5.83. The number of para-hydroxylation sites is 2. The van der Waals surface area contributed by atoms with Gasteiger partial charge >= 0.3 is 11.9 Å². The lowest BCUT2D eigenvalue weighted by Crippen LogP contribution is -2.06. The minimum atomic E-state index is -0.280. The monoisotopic (exact) mass is 447 g/mol. The molecule has 3 rings (SSSR count). The summed E-state index contributed by atoms with van der Waals surface area (Å²) in [5.41, 5.74) is 3.16. The Morgan fingerprint density at radius 1 is 0.767 bits per heavy atom. The number of esters is 2. The van der Waals surface area contributed by atoms with Gasteiger partial charge in [0.05, 0.1) is 11.0 Å². The van der Waals surface area contributed by atoms with E-state index in [9.17, 15) is 9.59 Å². The van der Waals surface area contributed by atoms with Crippen molar-refractivity contribution >= 4 is 56.9 Å². The molecule has 3 aromatic rings. The van der Waals surface area contributed by atoms with Gasteiger partial charge in [-0.15, -0.1) is 23.2 Å². The Hall–Kier alpha value is -2.37. The zero-order chi connectivity index (χ0) is 21.3. The van der Waals surface area contributed by atoms with Gasteiger partial charge in [-0.3, -0.25) is 9.59 Å². The predicted molar refractivity (Wildman–Crippen MR) is 119 cm³/mol. The Morgan fingerprint density at radius 2 is 1.23 bits per heavy atom. The maximum Gasteiger partial charge on any atom is 0.306 e. The summed E-state index contributed by atoms with van der Waals surface area (Å²) in [6, 6.07) is 13.6. The fourth-order valence-electron chi connectivity index (χ4n) is 3.12. The molecule has 0 fully saturated rings. The fourth-order valence-corrected chi connectivity index (χ4v) is 3.39. The fraction of sp³-hybridized carbons (Fsp3) is 0.348. The van der Waals surface area contributed by atoms with Crippen molar-refractivity contribution in [3.05, 3.63) is 53.6 Å². The van der Waals surface area contributed by atoms with Crippen molar-refractivity contribution in [1.29, 1.82) is 0 Å². The number of halogens is 2. The van der Waals surface area contributed by atoms with Crippen LogP contribution in [0.2, 0.25) is 0 Å². The van der Waals surface area contributed by atoms with Crippen LogP contribution in [0.3, 0.4) is 0 Å². The minimum Gasteiger partial charge on any atom is -0.461 e. The van der Waals surface area contributed by atoms with Crippen LogP contribution < -0.4 is 0 Å². The molecule has 0 N–H and O–H groups in total. The molecule has 1 heterocycles. The molecule has 0 atom stereocenters. The van der Waals surface area contributed by atoms with Crippen LogP contribution in [0.15, 0.2) is 42.5 Å². The van der Waals surface area contributed by atoms with Gasteiger partial charge in [0.2, 0.25) is 0 Å². The number of aromatic nitrogens is 1. The van der Waals surface area contributed by atoms with Crippen molar-refractivity contribution in [3.63, 3.8) is 0 Å². The number of nitrogens with zero attached hydrogens (tertiary/aromatic N) is 1. The Labute approximate surface area is 185 Å². The highest BCUT2D eigenvalue weighted by Gasteiger charge is 2.11. The second kappa shape index (κ2) is 11.1. The van der Waals surface area contributed by atoms with Gasteiger partial charge in [-0.25, -0.2) is 4.98 Å². The number of hydrogen-bond acceptors (Lipinski definition) is 5. The molecule has 0 aliphatic carbocycles. The van der Waals surface area contributed by atoms with Crippen molar-refractivity contribution in [2.24, 2.45) is 0 Å². The number of ether oxygens (including phenoxy) is 2. The first-order chi connectivity index (χ1) is 14.6. The summed E-state index contributed by atoms with van der Waals surface area (Å²) in [5.74, 6) is 0.294. The maximum absolute atomic E-state index is 11.8. The standard InChI is InChI=1S/C23H23Cl2NO4/c24-11-3-9-20(27)29-14-18-7-1-5-16-13-17-6-2-8-19(23(17)26-22(16)18)15-30-21(28)10-4-12-25/h1-2,5-8,13H,3-4,9-12,14-15H2. The average molecular weight is 448 g/mol. The molecule has 0 amide bonds. The first kappa shape index (κ1) is 22.3. The number of alkyl halides is 2. The van der Waals surface area contributed by atoms with E-state index in [0.29, 0.717) is 37.4 Å². The van der Waals surface area contributed by atoms with Gasteiger partial charge in [-0.2, -0.15) is 0 Å². The summed E-state index contributed by atoms with van der Waals surface area (Å²) in [6.45, 7) is 0.291. The van der Waals surface area contributed by atoms with Crippen molar-refractivity contribution in [2.45, 2.75) is 38.9 Å². The lowest BCUT2D eigenvalue weighted by Gasteiger charge is -2.11. The summed E-state index contributed by atoms with van der Waals surface area (Å²) in [4.78, 5) is 28.5. The first-order valence-electron chi connectivity index (χ1n) is 9.86. The Bertz CT molecular complexity index is 959. The molecule has 1 aromatic heterocycles. The number of rotatable bonds is 10. The van der Waals surface area contributed by atoms with E-state index in [1.54, 1.807) is 0 Å². The number of pyridine rings is 1. The van der Waals surface area contributed by atoms with Gasteiger partial charge in [0, 0.05) is 46.5 Å². The van der Waals surface area contributed by atoms with Gasteiger partial charge in [0.15, 0.2) is 0 Å². The third-order valence-corrected chi connectivity index (χ3v) is 5.18. The molecular weight excluding hydrogens is 425 g/mol. The Morgan fingerprint density at radius 3 is 1.67 bits per heavy atom. The number of carbonyl (C=O) groups excluding carboxylic acids is 2. The van der Waals surface area contributed by atoms with E-state index in [2.05, 4.69) is 0 Å². The predicted octanol–water partition coefficient (Wildman–Crippen LogP) is 5.51. The highest BCUT2D eigenvalue weighted by atomic mass is 35.5. The summed E-state index contributed by atoms with van der Waals surface area (Å²) in [6.07, 6.45) is 1.77. The molecule has 5 nitrogen and oxygen atoms in total. The molecule has 2 aromatic carbocycles. The van der Waals surface area contributed by atoms with Gasteiger partial charge in [-0.1, -0.05) is 36.4 Å². The van der Waals surface area contributed by atoms with Crippen LogP contribution in [0.4, 0.5) is 0 Å². The third-order valence-electron chi connectivity index (χ3n) is 4.64. The molecule has 0 spiro atoms. The van der Waals surface area contributed by atoms with Crippen LogP contribution in [0.1, 0.15) is 36.8 Å². The Balaban J connectivity index is 1.85. The highest BCUT2D eigenvalue weighted by molar-refractivity contribution is 6.18. The van der Waals surface area contributed by atoms with Gasteiger partial charge in [-0.05, 0) is 18.9 Å². The largest absolute Gasteiger partial charge is 0.461 e. The van der Waals surface area contributed by atoms with E-state index in [1.165, 1.54) is 0 Å². The van der Waals surface area contributed by atoms with Crippen LogP contribution >= 0.6 is 23.2 Å². The van der Waals surface area contributed by atoms with Crippen LogP contribution in [0.5, 0.6) is 0 Å². The van der Waals surface area contributed by atoms with Crippen LogP contribution in [-0.4, -0.2) is 28.7 Å². The van der Waals surface area contributed by atoms with Gasteiger partial charge in [0.25, 0.3) is 0 Å². The topological polar surface area (TPSA) is 65.5 Å². The zero-order valence-corrected chi connectivity index (χ0v) is 18.0. The second-order valence-electron chi connectivity index (χ2n) is 6.87. The van der Waals surface area contributed by atoms with Crippen molar-refractivity contribution in [2.75, 3.05) is 11.8 Å². The second-order valence-corrected chi connectivity index (χ2v) is 7.63. The smallest absolute Gasteiger partial charge is 0.306 e. The molecule has 0 aliphatic heterocycles. The average Bonchev–Trinajstić information content (AvgIpc) is 2.77. The van der Waals surface area contributed by atoms with Crippen molar-refractivity contribution in [3.8, 4) is 0 Å². The Kier molecular flexibility index (Phi) is 8.29. The maximum atomic E-state index is 11.8. The summed E-state index contributed by atoms with van der Waals surface area (Å²) < 4.78 is 10.8. The van der Waals surface area contributed by atoms with E-state index < -0.39 is 0 Å². The zero-order valence-electron chi connectivity index (χ0n) is 16.5. The quantitative estimate of drug-likeness (QED) is 0.232. The van der Waals surface area contributed by atoms with Crippen LogP contribution in [0.25, 0.3) is 21.8 Å². The molecular formula is C23H23Cl2NO4. The highest BCUT2D eigenvalue weighted by Crippen LogP contribution is 2.25. The number of fused-ring (bicyclic) bond motifs is 2. The summed E-state index contributed by atoms with van der Waals surface area (Å²) in [5, 5.41) is 1.90. The molecule has 158 valence electrons. The molecule has 7 heteroatoms. The molecule has 0 saturated carbocycles. The van der Waals surface area contributed by atoms with E-state index in [-0.39, 0.29) is 25.2 Å². The number of carbonyl (C=O) groups is 2. The van der Waals surface area contributed by atoms with Crippen LogP contribution in [-0.2, 0) is 32.3 Å².